The lowest BCUT2D eigenvalue weighted by atomic mass is 9.91. The number of aromatic hydroxyl groups is 1. The highest BCUT2D eigenvalue weighted by atomic mass is 35.5. The van der Waals surface area contributed by atoms with Crippen molar-refractivity contribution >= 4 is 11.6 Å². The van der Waals surface area contributed by atoms with Crippen LogP contribution in [0.4, 0.5) is 0 Å². The molecule has 0 spiro atoms. The van der Waals surface area contributed by atoms with Crippen LogP contribution in [-0.2, 0) is 5.41 Å². The molecule has 3 heteroatoms. The summed E-state index contributed by atoms with van der Waals surface area (Å²) in [5, 5.41) is 19.3. The Morgan fingerprint density at radius 3 is 2.53 bits per heavy atom. The van der Waals surface area contributed by atoms with E-state index in [9.17, 15) is 5.11 Å². The van der Waals surface area contributed by atoms with Gasteiger partial charge >= 0.3 is 0 Å². The first-order valence-electron chi connectivity index (χ1n) is 4.92. The van der Waals surface area contributed by atoms with Crippen LogP contribution in [0.25, 0.3) is 0 Å². The smallest absolute Gasteiger partial charge is 0.137 e. The van der Waals surface area contributed by atoms with Crippen molar-refractivity contribution in [3.8, 4) is 11.8 Å². The lowest BCUT2D eigenvalue weighted by Gasteiger charge is -2.14. The fraction of sp³-hybridized carbons (Fsp3) is 0.417. The molecule has 0 amide bonds. The molecule has 0 saturated heterocycles. The minimum atomic E-state index is -0.364. The maximum atomic E-state index is 9.81. The average molecular weight is 222 g/mol. The van der Waals surface area contributed by atoms with Crippen LogP contribution in [0, 0.1) is 25.2 Å². The molecule has 1 saturated carbocycles. The Balaban J connectivity index is 2.65. The van der Waals surface area contributed by atoms with Gasteiger partial charge in [-0.25, -0.2) is 0 Å². The molecule has 1 aliphatic carbocycles. The van der Waals surface area contributed by atoms with Gasteiger partial charge in [0.2, 0.25) is 0 Å². The summed E-state index contributed by atoms with van der Waals surface area (Å²) < 4.78 is 0. The second kappa shape index (κ2) is 3.15. The first-order chi connectivity index (χ1) is 7.02. The maximum Gasteiger partial charge on any atom is 0.137 e. The summed E-state index contributed by atoms with van der Waals surface area (Å²) in [4.78, 5) is 0. The zero-order valence-corrected chi connectivity index (χ0v) is 9.52. The van der Waals surface area contributed by atoms with E-state index in [4.69, 9.17) is 16.9 Å². The lowest BCUT2D eigenvalue weighted by Crippen LogP contribution is -2.06. The number of phenolic OH excluding ortho intramolecular Hbond substituents is 1. The van der Waals surface area contributed by atoms with E-state index in [1.165, 1.54) is 0 Å². The van der Waals surface area contributed by atoms with Crippen LogP contribution in [-0.4, -0.2) is 5.11 Å². The van der Waals surface area contributed by atoms with E-state index >= 15 is 0 Å². The molecule has 2 nitrogen and oxygen atoms in total. The highest BCUT2D eigenvalue weighted by molar-refractivity contribution is 6.32. The van der Waals surface area contributed by atoms with Crippen LogP contribution in [0.5, 0.6) is 5.75 Å². The fourth-order valence-corrected chi connectivity index (χ4v) is 2.13. The van der Waals surface area contributed by atoms with Gasteiger partial charge in [-0.05, 0) is 43.4 Å². The molecule has 2 rings (SSSR count). The Morgan fingerprint density at radius 2 is 2.07 bits per heavy atom. The van der Waals surface area contributed by atoms with Gasteiger partial charge in [-0.1, -0.05) is 17.7 Å². The minimum Gasteiger partial charge on any atom is -0.506 e. The van der Waals surface area contributed by atoms with Crippen LogP contribution in [0.1, 0.15) is 29.5 Å². The number of aryl methyl sites for hydroxylation is 1. The monoisotopic (exact) mass is 221 g/mol. The van der Waals surface area contributed by atoms with Gasteiger partial charge in [0.1, 0.15) is 5.75 Å². The Hall–Kier alpha value is -1.20. The molecule has 78 valence electrons. The summed E-state index contributed by atoms with van der Waals surface area (Å²) in [6.07, 6.45) is 1.76. The van der Waals surface area contributed by atoms with E-state index in [1.807, 2.05) is 19.9 Å². The van der Waals surface area contributed by atoms with E-state index in [2.05, 4.69) is 6.07 Å². The third-order valence-corrected chi connectivity index (χ3v) is 3.63. The highest BCUT2D eigenvalue weighted by Gasteiger charge is 2.46. The first kappa shape index (κ1) is 10.3. The maximum absolute atomic E-state index is 9.81. The molecule has 0 atom stereocenters. The van der Waals surface area contributed by atoms with Crippen molar-refractivity contribution in [3.05, 3.63) is 27.8 Å². The highest BCUT2D eigenvalue weighted by Crippen LogP contribution is 2.51. The lowest BCUT2D eigenvalue weighted by molar-refractivity contribution is 0.469. The second-order valence-electron chi connectivity index (χ2n) is 4.22. The molecule has 0 unspecified atom stereocenters. The molecule has 0 aromatic heterocycles. The fourth-order valence-electron chi connectivity index (χ4n) is 1.93. The van der Waals surface area contributed by atoms with E-state index in [0.29, 0.717) is 5.02 Å². The van der Waals surface area contributed by atoms with E-state index < -0.39 is 0 Å². The molecule has 1 aliphatic rings. The summed E-state index contributed by atoms with van der Waals surface area (Å²) in [6, 6.07) is 4.25. The standard InChI is InChI=1S/C12H12ClNO/c1-7-5-9(12(6-14)3-4-12)8(2)11(15)10(7)13/h5,15H,3-4H2,1-2H3. The molecule has 0 bridgehead atoms. The Bertz CT molecular complexity index is 469. The van der Waals surface area contributed by atoms with Crippen molar-refractivity contribution < 1.29 is 5.11 Å². The number of benzene rings is 1. The quantitative estimate of drug-likeness (QED) is 0.792. The normalized spacial score (nSPS) is 17.2. The van der Waals surface area contributed by atoms with Gasteiger partial charge in [0, 0.05) is 0 Å². The molecular weight excluding hydrogens is 210 g/mol. The SMILES string of the molecule is Cc1cc(C2(C#N)CC2)c(C)c(O)c1Cl. The van der Waals surface area contributed by atoms with E-state index in [0.717, 1.165) is 29.5 Å². The van der Waals surface area contributed by atoms with Crippen molar-refractivity contribution in [2.45, 2.75) is 32.1 Å². The Labute approximate surface area is 94.1 Å². The van der Waals surface area contributed by atoms with Gasteiger partial charge in [-0.15, -0.1) is 0 Å². The summed E-state index contributed by atoms with van der Waals surface area (Å²) in [5.74, 6) is 0.119. The third kappa shape index (κ3) is 1.39. The summed E-state index contributed by atoms with van der Waals surface area (Å²) in [5.41, 5.74) is 2.14. The largest absolute Gasteiger partial charge is 0.506 e. The van der Waals surface area contributed by atoms with Gasteiger partial charge in [0.25, 0.3) is 0 Å². The van der Waals surface area contributed by atoms with Gasteiger partial charge < -0.3 is 5.11 Å². The Morgan fingerprint density at radius 1 is 1.47 bits per heavy atom. The zero-order valence-electron chi connectivity index (χ0n) is 8.76. The van der Waals surface area contributed by atoms with Crippen molar-refractivity contribution in [1.29, 1.82) is 5.26 Å². The summed E-state index contributed by atoms with van der Waals surface area (Å²) >= 11 is 5.94. The van der Waals surface area contributed by atoms with Gasteiger partial charge in [-0.3, -0.25) is 0 Å². The molecule has 0 aliphatic heterocycles. The number of phenols is 1. The van der Waals surface area contributed by atoms with Crippen LogP contribution in [0.2, 0.25) is 5.02 Å². The average Bonchev–Trinajstić information content (AvgIpc) is 3.01. The van der Waals surface area contributed by atoms with E-state index in [-0.39, 0.29) is 11.2 Å². The molecule has 0 heterocycles. The first-order valence-corrected chi connectivity index (χ1v) is 5.30. The number of nitriles is 1. The van der Waals surface area contributed by atoms with Crippen molar-refractivity contribution in [2.24, 2.45) is 0 Å². The van der Waals surface area contributed by atoms with Crippen molar-refractivity contribution in [3.63, 3.8) is 0 Å². The summed E-state index contributed by atoms with van der Waals surface area (Å²) in [7, 11) is 0. The van der Waals surface area contributed by atoms with Crippen LogP contribution < -0.4 is 0 Å². The predicted molar refractivity (Wildman–Crippen MR) is 59.1 cm³/mol. The van der Waals surface area contributed by atoms with Gasteiger partial charge in [0.05, 0.1) is 16.5 Å². The van der Waals surface area contributed by atoms with Crippen LogP contribution >= 0.6 is 11.6 Å². The van der Waals surface area contributed by atoms with Crippen LogP contribution in [0.3, 0.4) is 0 Å². The van der Waals surface area contributed by atoms with Crippen molar-refractivity contribution in [2.75, 3.05) is 0 Å². The molecule has 1 fully saturated rings. The molecule has 1 aromatic rings. The van der Waals surface area contributed by atoms with E-state index in [1.54, 1.807) is 0 Å². The Kier molecular flexibility index (Phi) is 2.17. The second-order valence-corrected chi connectivity index (χ2v) is 4.60. The topological polar surface area (TPSA) is 44.0 Å². The molecule has 0 radical (unpaired) electrons. The van der Waals surface area contributed by atoms with Gasteiger partial charge in [-0.2, -0.15) is 5.26 Å². The van der Waals surface area contributed by atoms with Gasteiger partial charge in [0.15, 0.2) is 0 Å². The van der Waals surface area contributed by atoms with Crippen LogP contribution in [0.15, 0.2) is 6.07 Å². The minimum absolute atomic E-state index is 0.119. The number of hydrogen-bond acceptors (Lipinski definition) is 2. The molecular formula is C12H12ClNO. The third-order valence-electron chi connectivity index (χ3n) is 3.15. The number of hydrogen-bond donors (Lipinski definition) is 1. The summed E-state index contributed by atoms with van der Waals surface area (Å²) in [6.45, 7) is 3.66. The number of rotatable bonds is 1. The number of nitrogens with zero attached hydrogens (tertiary/aromatic N) is 1. The zero-order chi connectivity index (χ0) is 11.2. The van der Waals surface area contributed by atoms with Crippen molar-refractivity contribution in [1.82, 2.24) is 0 Å². The molecule has 15 heavy (non-hydrogen) atoms. The number of halogens is 1. The molecule has 1 aromatic carbocycles. The predicted octanol–water partition coefficient (Wildman–Crippen LogP) is 3.22. The molecule has 1 N–H and O–H groups in total.